The first kappa shape index (κ1) is 11.1. The number of aromatic nitrogens is 2. The second-order valence-corrected chi connectivity index (χ2v) is 5.06. The Morgan fingerprint density at radius 3 is 2.92 bits per heavy atom. The Kier molecular flexibility index (Phi) is 4.88. The van der Waals surface area contributed by atoms with Gasteiger partial charge in [0.05, 0.1) is 10.2 Å². The Morgan fingerprint density at radius 1 is 1.54 bits per heavy atom. The molecule has 0 aromatic carbocycles. The summed E-state index contributed by atoms with van der Waals surface area (Å²) in [5.41, 5.74) is 1.07. The van der Waals surface area contributed by atoms with E-state index in [1.54, 1.807) is 12.5 Å². The van der Waals surface area contributed by atoms with Crippen LogP contribution in [0, 0.1) is 0 Å². The quantitative estimate of drug-likeness (QED) is 0.797. The molecule has 13 heavy (non-hydrogen) atoms. The van der Waals surface area contributed by atoms with Crippen molar-refractivity contribution in [3.8, 4) is 0 Å². The van der Waals surface area contributed by atoms with Crippen molar-refractivity contribution in [1.82, 2.24) is 9.97 Å². The Morgan fingerprint density at radius 2 is 2.31 bits per heavy atom. The van der Waals surface area contributed by atoms with E-state index >= 15 is 0 Å². The van der Waals surface area contributed by atoms with E-state index in [9.17, 15) is 0 Å². The summed E-state index contributed by atoms with van der Waals surface area (Å²) >= 11 is 7.06. The molecule has 4 heteroatoms. The Hall–Kier alpha value is 0.0400. The van der Waals surface area contributed by atoms with Gasteiger partial charge in [-0.1, -0.05) is 29.3 Å². The highest BCUT2D eigenvalue weighted by atomic mass is 79.9. The fourth-order valence-corrected chi connectivity index (χ4v) is 2.26. The molecule has 1 aromatic rings. The fourth-order valence-electron chi connectivity index (χ4n) is 1.11. The summed E-state index contributed by atoms with van der Waals surface area (Å²) in [6, 6.07) is 0. The van der Waals surface area contributed by atoms with Crippen LogP contribution in [0.1, 0.15) is 25.5 Å². The molecule has 1 atom stereocenters. The molecule has 72 valence electrons. The van der Waals surface area contributed by atoms with Gasteiger partial charge in [0.2, 0.25) is 0 Å². The van der Waals surface area contributed by atoms with Gasteiger partial charge in [-0.05, 0) is 22.4 Å². The summed E-state index contributed by atoms with van der Waals surface area (Å²) < 4.78 is 0.996. The Bertz CT molecular complexity index is 266. The van der Waals surface area contributed by atoms with E-state index in [0.29, 0.717) is 4.83 Å². The van der Waals surface area contributed by atoms with Crippen molar-refractivity contribution < 1.29 is 0 Å². The minimum Gasteiger partial charge on any atom is -0.244 e. The summed E-state index contributed by atoms with van der Waals surface area (Å²) in [5.74, 6) is 0. The molecule has 0 fully saturated rings. The van der Waals surface area contributed by atoms with Crippen LogP contribution in [-0.2, 0) is 6.42 Å². The molecule has 2 nitrogen and oxygen atoms in total. The van der Waals surface area contributed by atoms with E-state index in [1.807, 2.05) is 0 Å². The fraction of sp³-hybridized carbons (Fsp3) is 0.556. The number of hydrogen-bond acceptors (Lipinski definition) is 2. The van der Waals surface area contributed by atoms with Gasteiger partial charge in [-0.3, -0.25) is 0 Å². The zero-order chi connectivity index (χ0) is 9.68. The standard InChI is InChI=1S/C9H12Br2N2/c1-2-3-7(10)4-9-8(11)5-12-6-13-9/h5-7H,2-4H2,1H3. The predicted molar refractivity (Wildman–Crippen MR) is 61.1 cm³/mol. The Labute approximate surface area is 95.4 Å². The maximum atomic E-state index is 4.21. The minimum absolute atomic E-state index is 0.517. The molecule has 0 N–H and O–H groups in total. The van der Waals surface area contributed by atoms with Crippen molar-refractivity contribution in [1.29, 1.82) is 0 Å². The molecule has 0 spiro atoms. The molecule has 1 heterocycles. The average molecular weight is 308 g/mol. The van der Waals surface area contributed by atoms with Gasteiger partial charge in [0, 0.05) is 17.4 Å². The molecular formula is C9H12Br2N2. The Balaban J connectivity index is 2.58. The lowest BCUT2D eigenvalue weighted by atomic mass is 10.1. The van der Waals surface area contributed by atoms with Crippen molar-refractivity contribution in [3.05, 3.63) is 22.7 Å². The van der Waals surface area contributed by atoms with E-state index < -0.39 is 0 Å². The predicted octanol–water partition coefficient (Wildman–Crippen LogP) is 3.35. The second kappa shape index (κ2) is 5.70. The molecule has 0 saturated carbocycles. The van der Waals surface area contributed by atoms with Crippen molar-refractivity contribution in [2.75, 3.05) is 0 Å². The summed E-state index contributed by atoms with van der Waals surface area (Å²) in [6.07, 6.45) is 6.70. The van der Waals surface area contributed by atoms with Crippen LogP contribution in [0.5, 0.6) is 0 Å². The molecule has 0 amide bonds. The minimum atomic E-state index is 0.517. The lowest BCUT2D eigenvalue weighted by molar-refractivity contribution is 0.730. The smallest absolute Gasteiger partial charge is 0.115 e. The van der Waals surface area contributed by atoms with Gasteiger partial charge >= 0.3 is 0 Å². The van der Waals surface area contributed by atoms with Crippen molar-refractivity contribution >= 4 is 31.9 Å². The van der Waals surface area contributed by atoms with Crippen molar-refractivity contribution in [2.24, 2.45) is 0 Å². The lowest BCUT2D eigenvalue weighted by Crippen LogP contribution is -2.04. The van der Waals surface area contributed by atoms with Gasteiger partial charge in [-0.2, -0.15) is 0 Å². The van der Waals surface area contributed by atoms with Crippen LogP contribution in [0.15, 0.2) is 17.0 Å². The third-order valence-electron chi connectivity index (χ3n) is 1.76. The monoisotopic (exact) mass is 306 g/mol. The maximum absolute atomic E-state index is 4.21. The number of hydrogen-bond donors (Lipinski definition) is 0. The van der Waals surface area contributed by atoms with E-state index in [4.69, 9.17) is 0 Å². The van der Waals surface area contributed by atoms with Crippen LogP contribution in [0.3, 0.4) is 0 Å². The van der Waals surface area contributed by atoms with Gasteiger partial charge in [0.25, 0.3) is 0 Å². The molecular weight excluding hydrogens is 296 g/mol. The molecule has 0 aliphatic heterocycles. The maximum Gasteiger partial charge on any atom is 0.115 e. The highest BCUT2D eigenvalue weighted by molar-refractivity contribution is 9.10. The molecule has 1 rings (SSSR count). The summed E-state index contributed by atoms with van der Waals surface area (Å²) in [7, 11) is 0. The molecule has 1 aromatic heterocycles. The van der Waals surface area contributed by atoms with Crippen molar-refractivity contribution in [2.45, 2.75) is 31.0 Å². The summed E-state index contributed by atoms with van der Waals surface area (Å²) in [6.45, 7) is 2.18. The largest absolute Gasteiger partial charge is 0.244 e. The SMILES string of the molecule is CCCC(Br)Cc1ncncc1Br. The molecule has 0 saturated heterocycles. The first-order valence-electron chi connectivity index (χ1n) is 4.32. The first-order chi connectivity index (χ1) is 6.24. The van der Waals surface area contributed by atoms with E-state index in [-0.39, 0.29) is 0 Å². The van der Waals surface area contributed by atoms with E-state index in [2.05, 4.69) is 48.8 Å². The highest BCUT2D eigenvalue weighted by Gasteiger charge is 2.07. The zero-order valence-corrected chi connectivity index (χ0v) is 10.7. The van der Waals surface area contributed by atoms with E-state index in [0.717, 1.165) is 16.6 Å². The van der Waals surface area contributed by atoms with E-state index in [1.165, 1.54) is 12.8 Å². The van der Waals surface area contributed by atoms with Crippen LogP contribution in [0.2, 0.25) is 0 Å². The molecule has 0 radical (unpaired) electrons. The van der Waals surface area contributed by atoms with Crippen LogP contribution in [0.25, 0.3) is 0 Å². The van der Waals surface area contributed by atoms with Gasteiger partial charge in [-0.15, -0.1) is 0 Å². The van der Waals surface area contributed by atoms with Crippen LogP contribution in [0.4, 0.5) is 0 Å². The van der Waals surface area contributed by atoms with Crippen LogP contribution < -0.4 is 0 Å². The number of rotatable bonds is 4. The summed E-state index contributed by atoms with van der Waals surface area (Å²) in [5, 5.41) is 0. The number of alkyl halides is 1. The molecule has 0 aliphatic carbocycles. The molecule has 0 bridgehead atoms. The third kappa shape index (κ3) is 3.73. The van der Waals surface area contributed by atoms with Gasteiger partial charge in [-0.25, -0.2) is 9.97 Å². The first-order valence-corrected chi connectivity index (χ1v) is 6.03. The van der Waals surface area contributed by atoms with Gasteiger partial charge < -0.3 is 0 Å². The second-order valence-electron chi connectivity index (χ2n) is 2.91. The third-order valence-corrected chi connectivity index (χ3v) is 3.20. The molecule has 1 unspecified atom stereocenters. The lowest BCUT2D eigenvalue weighted by Gasteiger charge is -2.07. The summed E-state index contributed by atoms with van der Waals surface area (Å²) in [4.78, 5) is 8.65. The van der Waals surface area contributed by atoms with Crippen LogP contribution >= 0.6 is 31.9 Å². The normalized spacial score (nSPS) is 12.8. The highest BCUT2D eigenvalue weighted by Crippen LogP contribution is 2.19. The molecule has 0 aliphatic rings. The van der Waals surface area contributed by atoms with Gasteiger partial charge in [0.1, 0.15) is 6.33 Å². The van der Waals surface area contributed by atoms with Gasteiger partial charge in [0.15, 0.2) is 0 Å². The van der Waals surface area contributed by atoms with Crippen molar-refractivity contribution in [3.63, 3.8) is 0 Å². The topological polar surface area (TPSA) is 25.8 Å². The number of halogens is 2. The average Bonchev–Trinajstić information content (AvgIpc) is 2.09. The number of nitrogens with zero attached hydrogens (tertiary/aromatic N) is 2. The van der Waals surface area contributed by atoms with Crippen LogP contribution in [-0.4, -0.2) is 14.8 Å². The zero-order valence-electron chi connectivity index (χ0n) is 7.50.